The van der Waals surface area contributed by atoms with E-state index < -0.39 is 0 Å². The van der Waals surface area contributed by atoms with Gasteiger partial charge in [0.1, 0.15) is 12.4 Å². The molecule has 0 amide bonds. The second kappa shape index (κ2) is 11.4. The SMILES string of the molecule is CCc1cccc2cccc(N3CCc4c(nc(OCC56CCCN5CCC6)nc4N4CCCC(c5ccn(C)n5)C4)C3)c12. The first-order chi connectivity index (χ1) is 21.6. The van der Waals surface area contributed by atoms with Crippen molar-refractivity contribution < 1.29 is 4.74 Å². The van der Waals surface area contributed by atoms with Crippen LogP contribution in [0.3, 0.4) is 0 Å². The van der Waals surface area contributed by atoms with Gasteiger partial charge in [-0.25, -0.2) is 0 Å². The van der Waals surface area contributed by atoms with Crippen LogP contribution in [-0.4, -0.2) is 69.5 Å². The molecule has 8 rings (SSSR count). The number of nitrogens with zero attached hydrogens (tertiary/aromatic N) is 7. The third kappa shape index (κ3) is 4.91. The van der Waals surface area contributed by atoms with Crippen LogP contribution in [0.1, 0.15) is 73.9 Å². The van der Waals surface area contributed by atoms with Gasteiger partial charge in [0.2, 0.25) is 0 Å². The van der Waals surface area contributed by atoms with E-state index >= 15 is 0 Å². The predicted molar refractivity (Wildman–Crippen MR) is 176 cm³/mol. The Labute approximate surface area is 261 Å². The largest absolute Gasteiger partial charge is 0.461 e. The van der Waals surface area contributed by atoms with Crippen molar-refractivity contribution in [3.63, 3.8) is 0 Å². The molecule has 0 aliphatic carbocycles. The van der Waals surface area contributed by atoms with Crippen molar-refractivity contribution in [2.75, 3.05) is 49.1 Å². The molecule has 4 aromatic rings. The molecule has 4 aliphatic heterocycles. The Kier molecular flexibility index (Phi) is 7.20. The summed E-state index contributed by atoms with van der Waals surface area (Å²) in [6, 6.07) is 16.2. The maximum atomic E-state index is 6.63. The summed E-state index contributed by atoms with van der Waals surface area (Å²) in [6.07, 6.45) is 11.3. The number of ether oxygens (including phenoxy) is 1. The average Bonchev–Trinajstić information content (AvgIpc) is 3.79. The summed E-state index contributed by atoms with van der Waals surface area (Å²) in [4.78, 5) is 18.1. The normalized spacial score (nSPS) is 21.5. The molecule has 6 heterocycles. The molecule has 1 unspecified atom stereocenters. The number of aromatic nitrogens is 4. The van der Waals surface area contributed by atoms with Gasteiger partial charge in [0.15, 0.2) is 0 Å². The maximum absolute atomic E-state index is 6.63. The molecule has 0 radical (unpaired) electrons. The smallest absolute Gasteiger partial charge is 0.318 e. The third-order valence-corrected chi connectivity index (χ3v) is 10.9. The number of hydrogen-bond donors (Lipinski definition) is 0. The van der Waals surface area contributed by atoms with Crippen LogP contribution < -0.4 is 14.5 Å². The minimum absolute atomic E-state index is 0.167. The van der Waals surface area contributed by atoms with Gasteiger partial charge in [-0.15, -0.1) is 0 Å². The van der Waals surface area contributed by atoms with Crippen LogP contribution >= 0.6 is 0 Å². The lowest BCUT2D eigenvalue weighted by Crippen LogP contribution is -2.44. The van der Waals surface area contributed by atoms with Crippen LogP contribution in [0.25, 0.3) is 10.8 Å². The Bertz CT molecular complexity index is 1650. The number of anilines is 2. The zero-order valence-corrected chi connectivity index (χ0v) is 26.3. The average molecular weight is 592 g/mol. The van der Waals surface area contributed by atoms with Crippen molar-refractivity contribution in [3.8, 4) is 6.01 Å². The van der Waals surface area contributed by atoms with Gasteiger partial charge in [-0.3, -0.25) is 9.58 Å². The summed E-state index contributed by atoms with van der Waals surface area (Å²) in [7, 11) is 2.01. The van der Waals surface area contributed by atoms with Gasteiger partial charge in [-0.05, 0) is 87.5 Å². The minimum Gasteiger partial charge on any atom is -0.461 e. The van der Waals surface area contributed by atoms with Crippen molar-refractivity contribution in [1.29, 1.82) is 0 Å². The standard InChI is InChI=1S/C36H45N7O/c1-3-26-9-4-10-27-11-5-13-32(33(26)27)41-22-14-29-31(24-41)37-35(44-25-36-16-7-19-43(36)20-8-17-36)38-34(29)42-18-6-12-28(23-42)30-15-21-40(2)39-30/h4-5,9-11,13,15,21,28H,3,6-8,12,14,16-20,22-25H2,1-2H3. The summed E-state index contributed by atoms with van der Waals surface area (Å²) in [6.45, 7) is 9.01. The van der Waals surface area contributed by atoms with Crippen LogP contribution in [0.15, 0.2) is 48.7 Å². The van der Waals surface area contributed by atoms with Crippen LogP contribution in [0.2, 0.25) is 0 Å². The van der Waals surface area contributed by atoms with E-state index in [2.05, 4.69) is 70.3 Å². The molecule has 1 atom stereocenters. The van der Waals surface area contributed by atoms with Crippen LogP contribution in [0, 0.1) is 0 Å². The van der Waals surface area contributed by atoms with E-state index in [9.17, 15) is 0 Å². The Hall–Kier alpha value is -3.65. The monoisotopic (exact) mass is 591 g/mol. The lowest BCUT2D eigenvalue weighted by atomic mass is 9.94. The minimum atomic E-state index is 0.167. The van der Waals surface area contributed by atoms with E-state index in [4.69, 9.17) is 19.8 Å². The second-order valence-corrected chi connectivity index (χ2v) is 13.5. The number of piperidine rings is 1. The molecule has 3 saturated heterocycles. The first-order valence-corrected chi connectivity index (χ1v) is 16.9. The van der Waals surface area contributed by atoms with E-state index in [1.165, 1.54) is 72.1 Å². The van der Waals surface area contributed by atoms with E-state index in [1.54, 1.807) is 0 Å². The van der Waals surface area contributed by atoms with Gasteiger partial charge in [-0.2, -0.15) is 15.1 Å². The molecule has 230 valence electrons. The molecular formula is C36H45N7O. The van der Waals surface area contributed by atoms with Gasteiger partial charge in [0.05, 0.1) is 23.5 Å². The second-order valence-electron chi connectivity index (χ2n) is 13.5. The highest BCUT2D eigenvalue weighted by Gasteiger charge is 2.45. The number of rotatable bonds is 7. The number of fused-ring (bicyclic) bond motifs is 3. The molecule has 2 aromatic carbocycles. The lowest BCUT2D eigenvalue weighted by Gasteiger charge is -2.37. The maximum Gasteiger partial charge on any atom is 0.318 e. The highest BCUT2D eigenvalue weighted by Crippen LogP contribution is 2.40. The molecular weight excluding hydrogens is 546 g/mol. The zero-order chi connectivity index (χ0) is 29.7. The highest BCUT2D eigenvalue weighted by atomic mass is 16.5. The molecule has 8 heteroatoms. The lowest BCUT2D eigenvalue weighted by molar-refractivity contribution is 0.107. The Morgan fingerprint density at radius 2 is 1.77 bits per heavy atom. The van der Waals surface area contributed by atoms with Crippen molar-refractivity contribution >= 4 is 22.3 Å². The van der Waals surface area contributed by atoms with Crippen LogP contribution in [-0.2, 0) is 26.4 Å². The first-order valence-electron chi connectivity index (χ1n) is 16.9. The van der Waals surface area contributed by atoms with Gasteiger partial charge in [0, 0.05) is 55.4 Å². The van der Waals surface area contributed by atoms with Crippen molar-refractivity contribution in [2.45, 2.75) is 76.3 Å². The fourth-order valence-corrected chi connectivity index (χ4v) is 8.60. The van der Waals surface area contributed by atoms with Crippen LogP contribution in [0.5, 0.6) is 6.01 Å². The van der Waals surface area contributed by atoms with E-state index in [0.717, 1.165) is 63.4 Å². The Morgan fingerprint density at radius 3 is 2.57 bits per heavy atom. The Morgan fingerprint density at radius 1 is 0.932 bits per heavy atom. The van der Waals surface area contributed by atoms with Gasteiger partial charge in [-0.1, -0.05) is 37.3 Å². The fourth-order valence-electron chi connectivity index (χ4n) is 8.60. The molecule has 0 N–H and O–H groups in total. The highest BCUT2D eigenvalue weighted by molar-refractivity contribution is 5.97. The van der Waals surface area contributed by atoms with Crippen molar-refractivity contribution in [3.05, 3.63) is 71.2 Å². The predicted octanol–water partition coefficient (Wildman–Crippen LogP) is 5.88. The first kappa shape index (κ1) is 27.9. The topological polar surface area (TPSA) is 62.6 Å². The van der Waals surface area contributed by atoms with Gasteiger partial charge in [0.25, 0.3) is 0 Å². The molecule has 4 aliphatic rings. The zero-order valence-electron chi connectivity index (χ0n) is 26.3. The number of benzene rings is 2. The van der Waals surface area contributed by atoms with Gasteiger partial charge < -0.3 is 14.5 Å². The van der Waals surface area contributed by atoms with Crippen LogP contribution in [0.4, 0.5) is 11.5 Å². The summed E-state index contributed by atoms with van der Waals surface area (Å²) in [5.74, 6) is 1.50. The molecule has 8 nitrogen and oxygen atoms in total. The summed E-state index contributed by atoms with van der Waals surface area (Å²) < 4.78 is 8.55. The van der Waals surface area contributed by atoms with E-state index in [1.807, 2.05) is 11.7 Å². The molecule has 0 saturated carbocycles. The summed E-state index contributed by atoms with van der Waals surface area (Å²) in [5, 5.41) is 7.46. The summed E-state index contributed by atoms with van der Waals surface area (Å²) >= 11 is 0. The molecule has 3 fully saturated rings. The van der Waals surface area contributed by atoms with Gasteiger partial charge >= 0.3 is 6.01 Å². The van der Waals surface area contributed by atoms with Crippen molar-refractivity contribution in [2.24, 2.45) is 7.05 Å². The molecule has 0 spiro atoms. The Balaban J connectivity index is 1.14. The summed E-state index contributed by atoms with van der Waals surface area (Å²) in [5.41, 5.74) is 6.49. The van der Waals surface area contributed by atoms with Crippen molar-refractivity contribution in [1.82, 2.24) is 24.6 Å². The van der Waals surface area contributed by atoms with E-state index in [-0.39, 0.29) is 5.54 Å². The number of hydrogen-bond acceptors (Lipinski definition) is 7. The number of aryl methyl sites for hydroxylation is 2. The molecule has 0 bridgehead atoms. The molecule has 2 aromatic heterocycles. The fraction of sp³-hybridized carbons (Fsp3) is 0.528. The quantitative estimate of drug-likeness (QED) is 0.266. The van der Waals surface area contributed by atoms with E-state index in [0.29, 0.717) is 18.5 Å². The third-order valence-electron chi connectivity index (χ3n) is 10.9. The molecule has 44 heavy (non-hydrogen) atoms.